The van der Waals surface area contributed by atoms with Crippen molar-refractivity contribution in [3.05, 3.63) is 46.4 Å². The Kier molecular flexibility index (Phi) is 2.28. The predicted molar refractivity (Wildman–Crippen MR) is 65.1 cm³/mol. The van der Waals surface area contributed by atoms with Gasteiger partial charge in [-0.05, 0) is 12.8 Å². The number of rotatable bonds is 2. The fourth-order valence-electron chi connectivity index (χ4n) is 2.06. The molecule has 1 aromatic carbocycles. The first-order valence-corrected chi connectivity index (χ1v) is 7.20. The molecular weight excluding hydrogens is 252 g/mol. The number of fused-ring (bicyclic) bond motifs is 1. The van der Waals surface area contributed by atoms with Crippen molar-refractivity contribution in [3.63, 3.8) is 0 Å². The molecule has 1 fully saturated rings. The molecule has 1 aromatic rings. The number of hydrogen-bond acceptors (Lipinski definition) is 4. The van der Waals surface area contributed by atoms with Crippen LogP contribution in [0, 0.1) is 0 Å². The Morgan fingerprint density at radius 2 is 1.61 bits per heavy atom. The minimum absolute atomic E-state index is 0.184. The van der Waals surface area contributed by atoms with Gasteiger partial charge in [0.25, 0.3) is 0 Å². The maximum absolute atomic E-state index is 12.1. The van der Waals surface area contributed by atoms with Crippen LogP contribution < -0.4 is 0 Å². The van der Waals surface area contributed by atoms with Gasteiger partial charge in [-0.15, -0.1) is 0 Å². The molecule has 0 unspecified atom stereocenters. The van der Waals surface area contributed by atoms with Crippen LogP contribution in [-0.4, -0.2) is 25.2 Å². The van der Waals surface area contributed by atoms with Crippen LogP contribution in [0.3, 0.4) is 0 Å². The van der Waals surface area contributed by atoms with Crippen LogP contribution in [0.15, 0.2) is 35.2 Å². The van der Waals surface area contributed by atoms with Gasteiger partial charge in [0.2, 0.25) is 5.78 Å². The van der Waals surface area contributed by atoms with Crippen molar-refractivity contribution in [2.75, 3.05) is 0 Å². The summed E-state index contributed by atoms with van der Waals surface area (Å²) in [5.41, 5.74) is 0.460. The van der Waals surface area contributed by atoms with E-state index in [2.05, 4.69) is 0 Å². The molecule has 0 atom stereocenters. The van der Waals surface area contributed by atoms with Gasteiger partial charge in [-0.2, -0.15) is 0 Å². The average molecular weight is 262 g/mol. The molecule has 0 heterocycles. The summed E-state index contributed by atoms with van der Waals surface area (Å²) in [4.78, 5) is 23.6. The Morgan fingerprint density at radius 1 is 1.00 bits per heavy atom. The summed E-state index contributed by atoms with van der Waals surface area (Å²) in [7, 11) is -3.62. The highest BCUT2D eigenvalue weighted by molar-refractivity contribution is 7.97. The summed E-state index contributed by atoms with van der Waals surface area (Å²) >= 11 is 0. The van der Waals surface area contributed by atoms with Crippen molar-refractivity contribution in [3.8, 4) is 0 Å². The predicted octanol–water partition coefficient (Wildman–Crippen LogP) is 1.53. The molecule has 3 rings (SSSR count). The summed E-state index contributed by atoms with van der Waals surface area (Å²) in [5, 5.41) is -0.481. The lowest BCUT2D eigenvalue weighted by Crippen LogP contribution is -2.24. The zero-order chi connectivity index (χ0) is 12.9. The quantitative estimate of drug-likeness (QED) is 0.810. The zero-order valence-corrected chi connectivity index (χ0v) is 10.2. The lowest BCUT2D eigenvalue weighted by atomic mass is 9.95. The van der Waals surface area contributed by atoms with Crippen LogP contribution in [0.1, 0.15) is 33.6 Å². The standard InChI is InChI=1S/C13H10O4S/c14-11-7-12(18(16,17)8-5-6-8)13(15)10-4-2-1-3-9(10)11/h1-4,7-8H,5-6H2. The summed E-state index contributed by atoms with van der Waals surface area (Å²) in [5.74, 6) is -0.971. The van der Waals surface area contributed by atoms with Crippen molar-refractivity contribution in [1.82, 2.24) is 0 Å². The molecule has 0 aromatic heterocycles. The van der Waals surface area contributed by atoms with Crippen molar-refractivity contribution in [2.24, 2.45) is 0 Å². The van der Waals surface area contributed by atoms with Gasteiger partial charge in [-0.1, -0.05) is 24.3 Å². The Labute approximate surface area is 104 Å². The summed E-state index contributed by atoms with van der Waals surface area (Å²) in [6.07, 6.45) is 2.11. The lowest BCUT2D eigenvalue weighted by Gasteiger charge is -2.14. The number of sulfone groups is 1. The molecule has 0 aliphatic heterocycles. The average Bonchev–Trinajstić information content (AvgIpc) is 3.18. The van der Waals surface area contributed by atoms with E-state index in [0.29, 0.717) is 12.8 Å². The minimum atomic E-state index is -3.62. The molecule has 0 N–H and O–H groups in total. The van der Waals surface area contributed by atoms with Crippen molar-refractivity contribution in [2.45, 2.75) is 18.1 Å². The molecule has 0 radical (unpaired) electrons. The number of carbonyl (C=O) groups is 2. The van der Waals surface area contributed by atoms with Crippen LogP contribution >= 0.6 is 0 Å². The monoisotopic (exact) mass is 262 g/mol. The largest absolute Gasteiger partial charge is 0.289 e. The molecule has 92 valence electrons. The van der Waals surface area contributed by atoms with Gasteiger partial charge >= 0.3 is 0 Å². The number of hydrogen-bond donors (Lipinski definition) is 0. The number of allylic oxidation sites excluding steroid dienone is 2. The van der Waals surface area contributed by atoms with E-state index < -0.39 is 26.7 Å². The van der Waals surface area contributed by atoms with E-state index in [9.17, 15) is 18.0 Å². The van der Waals surface area contributed by atoms with Gasteiger partial charge in [-0.25, -0.2) is 8.42 Å². The first-order chi connectivity index (χ1) is 8.51. The van der Waals surface area contributed by atoms with Crippen molar-refractivity contribution in [1.29, 1.82) is 0 Å². The highest BCUT2D eigenvalue weighted by Crippen LogP contribution is 2.36. The van der Waals surface area contributed by atoms with Gasteiger partial charge < -0.3 is 0 Å². The van der Waals surface area contributed by atoms with Gasteiger partial charge in [0.05, 0.1) is 5.25 Å². The second-order valence-corrected chi connectivity index (χ2v) is 6.69. The van der Waals surface area contributed by atoms with E-state index in [1.165, 1.54) is 12.1 Å². The Hall–Kier alpha value is -1.75. The molecule has 0 amide bonds. The summed E-state index contributed by atoms with van der Waals surface area (Å²) in [6.45, 7) is 0. The van der Waals surface area contributed by atoms with E-state index >= 15 is 0 Å². The first kappa shape index (κ1) is 11.3. The van der Waals surface area contributed by atoms with Crippen LogP contribution in [0.25, 0.3) is 0 Å². The topological polar surface area (TPSA) is 68.3 Å². The molecule has 18 heavy (non-hydrogen) atoms. The molecule has 2 aliphatic carbocycles. The molecule has 2 aliphatic rings. The Morgan fingerprint density at radius 3 is 2.22 bits per heavy atom. The van der Waals surface area contributed by atoms with Crippen LogP contribution in [0.5, 0.6) is 0 Å². The fourth-order valence-corrected chi connectivity index (χ4v) is 3.82. The minimum Gasteiger partial charge on any atom is -0.289 e. The maximum atomic E-state index is 12.1. The number of carbonyl (C=O) groups excluding carboxylic acids is 2. The van der Waals surface area contributed by atoms with Gasteiger partial charge in [0.15, 0.2) is 15.6 Å². The third-order valence-electron chi connectivity index (χ3n) is 3.19. The normalized spacial score (nSPS) is 19.4. The molecule has 0 saturated heterocycles. The Bertz CT molecular complexity index is 693. The van der Waals surface area contributed by atoms with Crippen molar-refractivity contribution < 1.29 is 18.0 Å². The highest BCUT2D eigenvalue weighted by Gasteiger charge is 2.43. The third kappa shape index (κ3) is 1.54. The lowest BCUT2D eigenvalue weighted by molar-refractivity contribution is 0.0990. The number of Topliss-reactive ketones (excluding diaryl/α,β-unsaturated/α-hetero) is 1. The molecule has 5 heteroatoms. The van der Waals surface area contributed by atoms with E-state index in [1.54, 1.807) is 12.1 Å². The smallest absolute Gasteiger partial charge is 0.205 e. The second kappa shape index (κ2) is 3.62. The molecule has 1 saturated carbocycles. The van der Waals surface area contributed by atoms with Crippen molar-refractivity contribution >= 4 is 21.4 Å². The van der Waals surface area contributed by atoms with Crippen LogP contribution in [0.2, 0.25) is 0 Å². The van der Waals surface area contributed by atoms with Crippen LogP contribution in [-0.2, 0) is 9.84 Å². The fraction of sp³-hybridized carbons (Fsp3) is 0.231. The van der Waals surface area contributed by atoms with Gasteiger partial charge in [0.1, 0.15) is 4.91 Å². The highest BCUT2D eigenvalue weighted by atomic mass is 32.2. The Balaban J connectivity index is 2.16. The molecular formula is C13H10O4S. The second-order valence-electron chi connectivity index (χ2n) is 4.49. The SMILES string of the molecule is O=C1C=C(S(=O)(=O)C2CC2)C(=O)c2ccccc21. The molecule has 4 nitrogen and oxygen atoms in total. The van der Waals surface area contributed by atoms with E-state index in [-0.39, 0.29) is 16.0 Å². The zero-order valence-electron chi connectivity index (χ0n) is 9.42. The summed E-state index contributed by atoms with van der Waals surface area (Å²) in [6, 6.07) is 6.30. The maximum Gasteiger partial charge on any atom is 0.205 e. The molecule has 0 spiro atoms. The summed E-state index contributed by atoms with van der Waals surface area (Å²) < 4.78 is 24.1. The first-order valence-electron chi connectivity index (χ1n) is 5.65. The molecule has 0 bridgehead atoms. The van der Waals surface area contributed by atoms with E-state index in [1.807, 2.05) is 0 Å². The van der Waals surface area contributed by atoms with Gasteiger partial charge in [0, 0.05) is 17.2 Å². The van der Waals surface area contributed by atoms with Crippen LogP contribution in [0.4, 0.5) is 0 Å². The third-order valence-corrected chi connectivity index (χ3v) is 5.46. The number of benzene rings is 1. The number of ketones is 2. The van der Waals surface area contributed by atoms with Gasteiger partial charge in [-0.3, -0.25) is 9.59 Å². The van der Waals surface area contributed by atoms with E-state index in [0.717, 1.165) is 6.08 Å². The van der Waals surface area contributed by atoms with E-state index in [4.69, 9.17) is 0 Å².